The third kappa shape index (κ3) is 1.69. The highest BCUT2D eigenvalue weighted by Crippen LogP contribution is 1.90. The summed E-state index contributed by atoms with van der Waals surface area (Å²) >= 11 is 0. The molecule has 1 aromatic rings. The van der Waals surface area contributed by atoms with Gasteiger partial charge in [-0.25, -0.2) is 21.8 Å². The van der Waals surface area contributed by atoms with Crippen LogP contribution >= 0.6 is 0 Å². The van der Waals surface area contributed by atoms with Crippen molar-refractivity contribution < 1.29 is 4.79 Å². The summed E-state index contributed by atoms with van der Waals surface area (Å²) in [4.78, 5) is 18.3. The molecule has 58 valence electrons. The summed E-state index contributed by atoms with van der Waals surface area (Å²) in [5.74, 6) is 9.35. The Hall–Kier alpha value is -1.53. The average molecular weight is 153 g/mol. The molecule has 1 heterocycles. The third-order valence-electron chi connectivity index (χ3n) is 1.02. The second kappa shape index (κ2) is 3.04. The first-order chi connectivity index (χ1) is 5.22. The Morgan fingerprint density at radius 2 is 2.18 bits per heavy atom. The van der Waals surface area contributed by atoms with E-state index in [0.717, 1.165) is 0 Å². The lowest BCUT2D eigenvalue weighted by atomic mass is 10.4. The fourth-order valence-electron chi connectivity index (χ4n) is 0.542. The van der Waals surface area contributed by atoms with Crippen molar-refractivity contribution >= 4 is 5.91 Å². The zero-order chi connectivity index (χ0) is 8.27. The lowest BCUT2D eigenvalue weighted by Gasteiger charge is -2.06. The molecule has 0 saturated heterocycles. The topological polar surface area (TPSA) is 98.1 Å². The van der Waals surface area contributed by atoms with Gasteiger partial charge in [-0.2, -0.15) is 0 Å². The first-order valence-corrected chi connectivity index (χ1v) is 2.81. The van der Waals surface area contributed by atoms with Gasteiger partial charge in [0, 0.05) is 12.4 Å². The van der Waals surface area contributed by atoms with Gasteiger partial charge in [0.05, 0.1) is 6.20 Å². The van der Waals surface area contributed by atoms with Crippen LogP contribution in [0.15, 0.2) is 18.6 Å². The molecule has 1 amide bonds. The quantitative estimate of drug-likeness (QED) is 0.296. The van der Waals surface area contributed by atoms with Crippen LogP contribution in [-0.2, 0) is 0 Å². The standard InChI is InChI=1S/C5H7N5O/c6-10(7)5(11)4-3-8-1-2-9-4/h1-3H,6-7H2. The fraction of sp³-hybridized carbons (Fsp3) is 0. The number of nitrogens with two attached hydrogens (primary N) is 2. The van der Waals surface area contributed by atoms with Crippen molar-refractivity contribution in [1.29, 1.82) is 0 Å². The molecule has 0 saturated carbocycles. The fourth-order valence-corrected chi connectivity index (χ4v) is 0.542. The average Bonchev–Trinajstić information content (AvgIpc) is 2.05. The summed E-state index contributed by atoms with van der Waals surface area (Å²) in [5.41, 5.74) is 0.123. The van der Waals surface area contributed by atoms with Gasteiger partial charge < -0.3 is 0 Å². The molecular weight excluding hydrogens is 146 g/mol. The van der Waals surface area contributed by atoms with Gasteiger partial charge in [0.15, 0.2) is 0 Å². The predicted octanol–water partition coefficient (Wildman–Crippen LogP) is -1.33. The van der Waals surface area contributed by atoms with Crippen LogP contribution in [0.4, 0.5) is 0 Å². The van der Waals surface area contributed by atoms with Gasteiger partial charge in [-0.3, -0.25) is 9.78 Å². The molecule has 11 heavy (non-hydrogen) atoms. The van der Waals surface area contributed by atoms with E-state index >= 15 is 0 Å². The number of amides is 1. The molecule has 1 rings (SSSR count). The van der Waals surface area contributed by atoms with Gasteiger partial charge in [0.1, 0.15) is 5.69 Å². The lowest BCUT2D eigenvalue weighted by molar-refractivity contribution is 0.0749. The summed E-state index contributed by atoms with van der Waals surface area (Å²) in [5, 5.41) is 0.462. The Kier molecular flexibility index (Phi) is 2.09. The van der Waals surface area contributed by atoms with Crippen LogP contribution in [0, 0.1) is 0 Å². The molecule has 6 nitrogen and oxygen atoms in total. The van der Waals surface area contributed by atoms with Crippen molar-refractivity contribution in [3.63, 3.8) is 0 Å². The zero-order valence-corrected chi connectivity index (χ0v) is 5.64. The molecular formula is C5H7N5O. The molecule has 0 bridgehead atoms. The first-order valence-electron chi connectivity index (χ1n) is 2.81. The SMILES string of the molecule is NN(N)C(=O)c1cnccn1. The molecule has 0 atom stereocenters. The second-order valence-corrected chi connectivity index (χ2v) is 1.80. The van der Waals surface area contributed by atoms with Gasteiger partial charge in [0.25, 0.3) is 0 Å². The Morgan fingerprint density at radius 3 is 2.64 bits per heavy atom. The maximum atomic E-state index is 10.9. The number of hydrazine groups is 2. The minimum absolute atomic E-state index is 0.123. The van der Waals surface area contributed by atoms with Crippen molar-refractivity contribution in [2.75, 3.05) is 0 Å². The van der Waals surface area contributed by atoms with Gasteiger partial charge in [0.2, 0.25) is 0 Å². The molecule has 0 aliphatic rings. The maximum absolute atomic E-state index is 10.9. The smallest absolute Gasteiger partial charge is 0.264 e. The van der Waals surface area contributed by atoms with Crippen molar-refractivity contribution in [3.05, 3.63) is 24.3 Å². The highest BCUT2D eigenvalue weighted by atomic mass is 16.2. The number of carbonyl (C=O) groups excluding carboxylic acids is 1. The van der Waals surface area contributed by atoms with E-state index in [1.54, 1.807) is 0 Å². The van der Waals surface area contributed by atoms with Crippen LogP contribution in [0.3, 0.4) is 0 Å². The number of hydrogen-bond donors (Lipinski definition) is 2. The van der Waals surface area contributed by atoms with E-state index < -0.39 is 5.91 Å². The van der Waals surface area contributed by atoms with Crippen molar-refractivity contribution in [2.45, 2.75) is 0 Å². The van der Waals surface area contributed by atoms with Crippen LogP contribution in [0.25, 0.3) is 0 Å². The van der Waals surface area contributed by atoms with E-state index in [-0.39, 0.29) is 5.69 Å². The molecule has 0 fully saturated rings. The maximum Gasteiger partial charge on any atom is 0.302 e. The van der Waals surface area contributed by atoms with E-state index in [2.05, 4.69) is 9.97 Å². The molecule has 6 heteroatoms. The Balaban J connectivity index is 2.86. The van der Waals surface area contributed by atoms with Gasteiger partial charge in [-0.15, -0.1) is 0 Å². The molecule has 0 spiro atoms. The Labute approximate surface area is 62.8 Å². The van der Waals surface area contributed by atoms with Crippen LogP contribution in [-0.4, -0.2) is 21.0 Å². The molecule has 0 aliphatic heterocycles. The van der Waals surface area contributed by atoms with Crippen molar-refractivity contribution in [1.82, 2.24) is 15.1 Å². The summed E-state index contributed by atoms with van der Waals surface area (Å²) in [7, 11) is 0. The zero-order valence-electron chi connectivity index (χ0n) is 5.64. The second-order valence-electron chi connectivity index (χ2n) is 1.80. The first kappa shape index (κ1) is 7.58. The molecule has 0 radical (unpaired) electrons. The van der Waals surface area contributed by atoms with Gasteiger partial charge in [-0.1, -0.05) is 0 Å². The summed E-state index contributed by atoms with van der Waals surface area (Å²) in [6.07, 6.45) is 4.12. The van der Waals surface area contributed by atoms with Crippen LogP contribution in [0.2, 0.25) is 0 Å². The van der Waals surface area contributed by atoms with Gasteiger partial charge in [-0.05, 0) is 0 Å². The summed E-state index contributed by atoms with van der Waals surface area (Å²) < 4.78 is 0. The van der Waals surface area contributed by atoms with E-state index in [9.17, 15) is 4.79 Å². The number of nitrogens with zero attached hydrogens (tertiary/aromatic N) is 3. The molecule has 4 N–H and O–H groups in total. The minimum atomic E-state index is -0.571. The largest absolute Gasteiger partial charge is 0.302 e. The highest BCUT2D eigenvalue weighted by Gasteiger charge is 2.09. The molecule has 1 aromatic heterocycles. The summed E-state index contributed by atoms with van der Waals surface area (Å²) in [6.45, 7) is 0. The monoisotopic (exact) mass is 153 g/mol. The number of hydrogen-bond acceptors (Lipinski definition) is 5. The van der Waals surface area contributed by atoms with Crippen LogP contribution < -0.4 is 11.7 Å². The van der Waals surface area contributed by atoms with E-state index in [1.165, 1.54) is 18.6 Å². The molecule has 0 aromatic carbocycles. The number of aromatic nitrogens is 2. The van der Waals surface area contributed by atoms with E-state index in [0.29, 0.717) is 5.12 Å². The summed E-state index contributed by atoms with van der Waals surface area (Å²) in [6, 6.07) is 0. The van der Waals surface area contributed by atoms with Crippen LogP contribution in [0.5, 0.6) is 0 Å². The number of carbonyl (C=O) groups is 1. The molecule has 0 unspecified atom stereocenters. The van der Waals surface area contributed by atoms with Crippen molar-refractivity contribution in [2.24, 2.45) is 11.7 Å². The van der Waals surface area contributed by atoms with E-state index in [1.807, 2.05) is 0 Å². The van der Waals surface area contributed by atoms with E-state index in [4.69, 9.17) is 11.7 Å². The predicted molar refractivity (Wildman–Crippen MR) is 36.6 cm³/mol. The third-order valence-corrected chi connectivity index (χ3v) is 1.02. The normalized spacial score (nSPS) is 9.27. The highest BCUT2D eigenvalue weighted by molar-refractivity contribution is 5.90. The Bertz CT molecular complexity index is 246. The van der Waals surface area contributed by atoms with Crippen LogP contribution in [0.1, 0.15) is 10.5 Å². The number of rotatable bonds is 1. The molecule has 0 aliphatic carbocycles. The van der Waals surface area contributed by atoms with Gasteiger partial charge >= 0.3 is 5.91 Å². The Morgan fingerprint density at radius 1 is 1.45 bits per heavy atom. The minimum Gasteiger partial charge on any atom is -0.264 e. The lowest BCUT2D eigenvalue weighted by Crippen LogP contribution is -2.43. The van der Waals surface area contributed by atoms with Crippen molar-refractivity contribution in [3.8, 4) is 0 Å².